The lowest BCUT2D eigenvalue weighted by Gasteiger charge is -2.36. The Morgan fingerprint density at radius 1 is 1.17 bits per heavy atom. The highest BCUT2D eigenvalue weighted by Gasteiger charge is 2.26. The predicted octanol–water partition coefficient (Wildman–Crippen LogP) is 3.84. The molecule has 0 N–H and O–H groups in total. The number of aryl methyl sites for hydroxylation is 3. The smallest absolute Gasteiger partial charge is 0.254 e. The van der Waals surface area contributed by atoms with Crippen LogP contribution in [0.25, 0.3) is 10.2 Å². The standard InChI is InChI=1S/C22H26N4O2S/c1-5-18-23-20(19-14(2)15(3)29-21(19)24-18)25-9-11-26(12-10-25)22(27)16-7-6-8-17(13-16)28-4/h6-8,13H,5,9-12H2,1-4H3. The van der Waals surface area contributed by atoms with E-state index >= 15 is 0 Å². The van der Waals surface area contributed by atoms with Crippen LogP contribution in [0, 0.1) is 13.8 Å². The fourth-order valence-corrected chi connectivity index (χ4v) is 4.76. The Balaban J connectivity index is 1.56. The Morgan fingerprint density at radius 3 is 2.62 bits per heavy atom. The molecular formula is C22H26N4O2S. The summed E-state index contributed by atoms with van der Waals surface area (Å²) < 4.78 is 5.25. The van der Waals surface area contributed by atoms with Gasteiger partial charge in [-0.05, 0) is 37.6 Å². The second-order valence-corrected chi connectivity index (χ2v) is 8.49. The average molecular weight is 411 g/mol. The minimum atomic E-state index is 0.0493. The molecule has 0 atom stereocenters. The van der Waals surface area contributed by atoms with E-state index < -0.39 is 0 Å². The van der Waals surface area contributed by atoms with Gasteiger partial charge in [0.2, 0.25) is 0 Å². The molecule has 1 amide bonds. The SMILES string of the molecule is CCc1nc(N2CCN(C(=O)c3cccc(OC)c3)CC2)c2c(C)c(C)sc2n1. The van der Waals surface area contributed by atoms with Gasteiger partial charge in [0.1, 0.15) is 22.2 Å². The number of fused-ring (bicyclic) bond motifs is 1. The van der Waals surface area contributed by atoms with Crippen molar-refractivity contribution < 1.29 is 9.53 Å². The van der Waals surface area contributed by atoms with Crippen molar-refractivity contribution >= 4 is 33.3 Å². The van der Waals surface area contributed by atoms with Crippen LogP contribution in [0.2, 0.25) is 0 Å². The number of amides is 1. The van der Waals surface area contributed by atoms with Crippen LogP contribution in [-0.4, -0.2) is 54.1 Å². The first-order valence-corrected chi connectivity index (χ1v) is 10.8. The number of anilines is 1. The van der Waals surface area contributed by atoms with Crippen molar-refractivity contribution in [3.63, 3.8) is 0 Å². The van der Waals surface area contributed by atoms with Crippen molar-refractivity contribution in [3.8, 4) is 5.75 Å². The summed E-state index contributed by atoms with van der Waals surface area (Å²) in [7, 11) is 1.61. The van der Waals surface area contributed by atoms with Gasteiger partial charge < -0.3 is 14.5 Å². The van der Waals surface area contributed by atoms with Crippen LogP contribution in [0.5, 0.6) is 5.75 Å². The first-order chi connectivity index (χ1) is 14.0. The summed E-state index contributed by atoms with van der Waals surface area (Å²) >= 11 is 1.74. The van der Waals surface area contributed by atoms with E-state index in [0.29, 0.717) is 24.4 Å². The molecule has 152 valence electrons. The lowest BCUT2D eigenvalue weighted by Crippen LogP contribution is -2.49. The number of benzene rings is 1. The second-order valence-electron chi connectivity index (χ2n) is 7.29. The highest BCUT2D eigenvalue weighted by atomic mass is 32.1. The number of carbonyl (C=O) groups excluding carboxylic acids is 1. The quantitative estimate of drug-likeness (QED) is 0.654. The van der Waals surface area contributed by atoms with E-state index in [1.807, 2.05) is 23.1 Å². The van der Waals surface area contributed by atoms with Crippen LogP contribution in [0.4, 0.5) is 5.82 Å². The minimum Gasteiger partial charge on any atom is -0.497 e. The van der Waals surface area contributed by atoms with Gasteiger partial charge in [0.25, 0.3) is 5.91 Å². The van der Waals surface area contributed by atoms with Crippen LogP contribution in [0.3, 0.4) is 0 Å². The topological polar surface area (TPSA) is 58.6 Å². The van der Waals surface area contributed by atoms with Crippen molar-refractivity contribution in [2.24, 2.45) is 0 Å². The first-order valence-electron chi connectivity index (χ1n) is 9.96. The molecule has 0 saturated carbocycles. The number of piperazine rings is 1. The van der Waals surface area contributed by atoms with Gasteiger partial charge in [-0.25, -0.2) is 9.97 Å². The molecule has 4 rings (SSSR count). The molecular weight excluding hydrogens is 384 g/mol. The molecule has 3 heterocycles. The molecule has 1 aliphatic heterocycles. The lowest BCUT2D eigenvalue weighted by molar-refractivity contribution is 0.0746. The summed E-state index contributed by atoms with van der Waals surface area (Å²) in [6.07, 6.45) is 0.813. The molecule has 2 aromatic heterocycles. The van der Waals surface area contributed by atoms with Gasteiger partial charge in [-0.2, -0.15) is 0 Å². The van der Waals surface area contributed by atoms with Gasteiger partial charge in [0.15, 0.2) is 0 Å². The lowest BCUT2D eigenvalue weighted by atomic mass is 10.1. The average Bonchev–Trinajstić information content (AvgIpc) is 3.06. The fraction of sp³-hybridized carbons (Fsp3) is 0.409. The molecule has 6 nitrogen and oxygen atoms in total. The van der Waals surface area contributed by atoms with Crippen LogP contribution in [-0.2, 0) is 6.42 Å². The van der Waals surface area contributed by atoms with E-state index in [1.165, 1.54) is 10.4 Å². The summed E-state index contributed by atoms with van der Waals surface area (Å²) in [6, 6.07) is 7.35. The number of carbonyl (C=O) groups is 1. The van der Waals surface area contributed by atoms with Crippen molar-refractivity contribution in [1.29, 1.82) is 0 Å². The normalized spacial score (nSPS) is 14.5. The zero-order valence-electron chi connectivity index (χ0n) is 17.4. The molecule has 0 spiro atoms. The summed E-state index contributed by atoms with van der Waals surface area (Å²) in [6.45, 7) is 9.25. The Labute approximate surface area is 175 Å². The number of nitrogens with zero attached hydrogens (tertiary/aromatic N) is 4. The molecule has 7 heteroatoms. The van der Waals surface area contributed by atoms with E-state index in [2.05, 4.69) is 25.7 Å². The molecule has 3 aromatic rings. The van der Waals surface area contributed by atoms with Gasteiger partial charge in [-0.3, -0.25) is 4.79 Å². The monoisotopic (exact) mass is 410 g/mol. The Bertz CT molecular complexity index is 1050. The van der Waals surface area contributed by atoms with Crippen molar-refractivity contribution in [2.45, 2.75) is 27.2 Å². The molecule has 29 heavy (non-hydrogen) atoms. The maximum absolute atomic E-state index is 12.9. The molecule has 0 aliphatic carbocycles. The number of ether oxygens (including phenoxy) is 1. The highest BCUT2D eigenvalue weighted by Crippen LogP contribution is 2.35. The minimum absolute atomic E-state index is 0.0493. The highest BCUT2D eigenvalue weighted by molar-refractivity contribution is 7.18. The second kappa shape index (κ2) is 7.99. The number of aromatic nitrogens is 2. The Hall–Kier alpha value is -2.67. The Kier molecular flexibility index (Phi) is 5.41. The number of hydrogen-bond acceptors (Lipinski definition) is 6. The molecule has 1 aromatic carbocycles. The largest absolute Gasteiger partial charge is 0.497 e. The van der Waals surface area contributed by atoms with E-state index in [1.54, 1.807) is 24.5 Å². The van der Waals surface area contributed by atoms with Crippen LogP contribution in [0.15, 0.2) is 24.3 Å². The summed E-state index contributed by atoms with van der Waals surface area (Å²) in [4.78, 5) is 29.1. The summed E-state index contributed by atoms with van der Waals surface area (Å²) in [5, 5.41) is 1.16. The van der Waals surface area contributed by atoms with Gasteiger partial charge >= 0.3 is 0 Å². The van der Waals surface area contributed by atoms with E-state index in [9.17, 15) is 4.79 Å². The summed E-state index contributed by atoms with van der Waals surface area (Å²) in [5.41, 5.74) is 1.93. The molecule has 1 aliphatic rings. The van der Waals surface area contributed by atoms with E-state index in [0.717, 1.165) is 41.4 Å². The number of rotatable bonds is 4. The van der Waals surface area contributed by atoms with Crippen molar-refractivity contribution in [2.75, 3.05) is 38.2 Å². The van der Waals surface area contributed by atoms with Gasteiger partial charge in [-0.1, -0.05) is 13.0 Å². The maximum atomic E-state index is 12.9. The van der Waals surface area contributed by atoms with E-state index in [4.69, 9.17) is 14.7 Å². The van der Waals surface area contributed by atoms with Crippen molar-refractivity contribution in [1.82, 2.24) is 14.9 Å². The zero-order chi connectivity index (χ0) is 20.5. The van der Waals surface area contributed by atoms with Crippen molar-refractivity contribution in [3.05, 3.63) is 46.1 Å². The molecule has 1 saturated heterocycles. The Morgan fingerprint density at radius 2 is 1.93 bits per heavy atom. The molecule has 1 fully saturated rings. The molecule has 0 unspecified atom stereocenters. The summed E-state index contributed by atoms with van der Waals surface area (Å²) in [5.74, 6) is 2.65. The number of hydrogen-bond donors (Lipinski definition) is 0. The third kappa shape index (κ3) is 3.67. The van der Waals surface area contributed by atoms with Gasteiger partial charge in [0.05, 0.1) is 12.5 Å². The van der Waals surface area contributed by atoms with Crippen LogP contribution < -0.4 is 9.64 Å². The zero-order valence-corrected chi connectivity index (χ0v) is 18.2. The third-order valence-electron chi connectivity index (χ3n) is 5.56. The number of thiophene rings is 1. The molecule has 0 bridgehead atoms. The number of methoxy groups -OCH3 is 1. The fourth-order valence-electron chi connectivity index (χ4n) is 3.72. The first kappa shape index (κ1) is 19.6. The third-order valence-corrected chi connectivity index (χ3v) is 6.66. The van der Waals surface area contributed by atoms with Gasteiger partial charge in [-0.15, -0.1) is 11.3 Å². The predicted molar refractivity (Wildman–Crippen MR) is 117 cm³/mol. The van der Waals surface area contributed by atoms with Crippen LogP contribution in [0.1, 0.15) is 33.5 Å². The van der Waals surface area contributed by atoms with Gasteiger partial charge in [0, 0.05) is 43.0 Å². The maximum Gasteiger partial charge on any atom is 0.254 e. The van der Waals surface area contributed by atoms with E-state index in [-0.39, 0.29) is 5.91 Å². The molecule has 0 radical (unpaired) electrons. The van der Waals surface area contributed by atoms with Crippen LogP contribution >= 0.6 is 11.3 Å².